The topological polar surface area (TPSA) is 81.4 Å². The zero-order chi connectivity index (χ0) is 15.6. The lowest BCUT2D eigenvalue weighted by Crippen LogP contribution is -2.14. The molecule has 0 aliphatic rings. The first-order chi connectivity index (χ1) is 9.83. The number of nitrogens with two attached hydrogens (primary N) is 1. The molecule has 0 saturated carbocycles. The van der Waals surface area contributed by atoms with Crippen LogP contribution < -0.4 is 15.2 Å². The van der Waals surface area contributed by atoms with Gasteiger partial charge in [0.2, 0.25) is 0 Å². The van der Waals surface area contributed by atoms with E-state index >= 15 is 0 Å². The number of nitrogens with one attached hydrogen (secondary N) is 1. The molecular weight excluding hydrogens is 312 g/mol. The van der Waals surface area contributed by atoms with Crippen LogP contribution in [0.2, 0.25) is 5.02 Å². The van der Waals surface area contributed by atoms with Gasteiger partial charge in [0.05, 0.1) is 17.8 Å². The average molecular weight is 327 g/mol. The van der Waals surface area contributed by atoms with Gasteiger partial charge in [0, 0.05) is 11.8 Å². The Balaban J connectivity index is 2.40. The highest BCUT2D eigenvalue weighted by Crippen LogP contribution is 2.29. The van der Waals surface area contributed by atoms with Crippen LogP contribution in [0.3, 0.4) is 0 Å². The first kappa shape index (κ1) is 15.5. The maximum Gasteiger partial charge on any atom is 0.263 e. The fourth-order valence-corrected chi connectivity index (χ4v) is 3.44. The van der Waals surface area contributed by atoms with Crippen molar-refractivity contribution in [3.05, 3.63) is 47.0 Å². The Labute approximate surface area is 128 Å². The minimum absolute atomic E-state index is 0.0601. The van der Waals surface area contributed by atoms with E-state index < -0.39 is 10.0 Å². The zero-order valence-electron chi connectivity index (χ0n) is 11.6. The molecule has 0 amide bonds. The van der Waals surface area contributed by atoms with Gasteiger partial charge in [0.25, 0.3) is 10.0 Å². The lowest BCUT2D eigenvalue weighted by atomic mass is 10.2. The summed E-state index contributed by atoms with van der Waals surface area (Å²) in [5.41, 5.74) is 7.22. The molecule has 2 aromatic rings. The molecule has 0 unspecified atom stereocenters. The highest BCUT2D eigenvalue weighted by Gasteiger charge is 2.19. The van der Waals surface area contributed by atoms with Crippen molar-refractivity contribution < 1.29 is 13.2 Å². The lowest BCUT2D eigenvalue weighted by molar-refractivity contribution is 0.415. The molecule has 112 valence electrons. The van der Waals surface area contributed by atoms with Gasteiger partial charge >= 0.3 is 0 Å². The summed E-state index contributed by atoms with van der Waals surface area (Å²) in [6.45, 7) is 1.76. The number of hydrogen-bond acceptors (Lipinski definition) is 4. The number of rotatable bonds is 4. The quantitative estimate of drug-likeness (QED) is 0.846. The summed E-state index contributed by atoms with van der Waals surface area (Å²) in [6.07, 6.45) is 0. The lowest BCUT2D eigenvalue weighted by Gasteiger charge is -2.12. The summed E-state index contributed by atoms with van der Waals surface area (Å²) in [5.74, 6) is 0.546. The Morgan fingerprint density at radius 1 is 1.24 bits per heavy atom. The van der Waals surface area contributed by atoms with E-state index in [1.54, 1.807) is 31.2 Å². The highest BCUT2D eigenvalue weighted by atomic mass is 35.5. The molecule has 7 heteroatoms. The largest absolute Gasteiger partial charge is 0.497 e. The van der Waals surface area contributed by atoms with Crippen LogP contribution in [0.4, 0.5) is 11.4 Å². The summed E-state index contributed by atoms with van der Waals surface area (Å²) in [6, 6.07) is 9.46. The Bertz CT molecular complexity index is 776. The van der Waals surface area contributed by atoms with Crippen LogP contribution in [0.1, 0.15) is 5.56 Å². The van der Waals surface area contributed by atoms with Gasteiger partial charge in [-0.1, -0.05) is 17.7 Å². The van der Waals surface area contributed by atoms with E-state index in [9.17, 15) is 8.42 Å². The Morgan fingerprint density at radius 2 is 1.95 bits per heavy atom. The molecule has 21 heavy (non-hydrogen) atoms. The van der Waals surface area contributed by atoms with Crippen molar-refractivity contribution in [3.8, 4) is 5.75 Å². The van der Waals surface area contributed by atoms with E-state index in [2.05, 4.69) is 4.72 Å². The Morgan fingerprint density at radius 3 is 2.62 bits per heavy atom. The van der Waals surface area contributed by atoms with Gasteiger partial charge in [0.15, 0.2) is 0 Å². The van der Waals surface area contributed by atoms with Gasteiger partial charge < -0.3 is 10.5 Å². The predicted octanol–water partition coefficient (Wildman–Crippen LogP) is 3.04. The first-order valence-electron chi connectivity index (χ1n) is 6.06. The molecule has 0 atom stereocenters. The van der Waals surface area contributed by atoms with Crippen molar-refractivity contribution in [2.75, 3.05) is 17.6 Å². The highest BCUT2D eigenvalue weighted by molar-refractivity contribution is 7.92. The summed E-state index contributed by atoms with van der Waals surface area (Å²) < 4.78 is 32.3. The van der Waals surface area contributed by atoms with E-state index in [1.165, 1.54) is 19.2 Å². The number of sulfonamides is 1. The summed E-state index contributed by atoms with van der Waals surface area (Å²) >= 11 is 6.01. The number of ether oxygens (including phenoxy) is 1. The fourth-order valence-electron chi connectivity index (χ4n) is 1.77. The normalized spacial score (nSPS) is 11.2. The van der Waals surface area contributed by atoms with Gasteiger partial charge in [-0.25, -0.2) is 8.42 Å². The van der Waals surface area contributed by atoms with Gasteiger partial charge in [-0.3, -0.25) is 4.72 Å². The molecule has 2 rings (SSSR count). The SMILES string of the molecule is COc1cccc(NS(=O)(=O)c2cc(N)c(C)cc2Cl)c1. The minimum Gasteiger partial charge on any atom is -0.497 e. The smallest absolute Gasteiger partial charge is 0.263 e. The van der Waals surface area contributed by atoms with Crippen molar-refractivity contribution in [1.29, 1.82) is 0 Å². The summed E-state index contributed by atoms with van der Waals surface area (Å²) in [4.78, 5) is -0.0601. The van der Waals surface area contributed by atoms with Crippen LogP contribution in [0.25, 0.3) is 0 Å². The number of benzene rings is 2. The molecule has 0 fully saturated rings. The van der Waals surface area contributed by atoms with Crippen molar-refractivity contribution in [2.45, 2.75) is 11.8 Å². The van der Waals surface area contributed by atoms with Gasteiger partial charge in [-0.2, -0.15) is 0 Å². The van der Waals surface area contributed by atoms with Crippen molar-refractivity contribution in [2.24, 2.45) is 0 Å². The number of anilines is 2. The third-order valence-electron chi connectivity index (χ3n) is 2.93. The molecule has 0 aliphatic carbocycles. The number of hydrogen-bond donors (Lipinski definition) is 2. The molecule has 0 radical (unpaired) electrons. The monoisotopic (exact) mass is 326 g/mol. The van der Waals surface area contributed by atoms with Crippen LogP contribution in [-0.2, 0) is 10.0 Å². The van der Waals surface area contributed by atoms with Crippen LogP contribution in [0.5, 0.6) is 5.75 Å². The van der Waals surface area contributed by atoms with Gasteiger partial charge in [-0.05, 0) is 36.8 Å². The number of aryl methyl sites for hydroxylation is 1. The molecule has 0 aromatic heterocycles. The number of methoxy groups -OCH3 is 1. The molecule has 0 heterocycles. The fraction of sp³-hybridized carbons (Fsp3) is 0.143. The third kappa shape index (κ3) is 3.40. The van der Waals surface area contributed by atoms with Crippen LogP contribution >= 0.6 is 11.6 Å². The second kappa shape index (κ2) is 5.83. The molecule has 0 bridgehead atoms. The van der Waals surface area contributed by atoms with E-state index in [1.807, 2.05) is 0 Å². The maximum absolute atomic E-state index is 12.4. The van der Waals surface area contributed by atoms with Crippen molar-refractivity contribution >= 4 is 33.0 Å². The van der Waals surface area contributed by atoms with Gasteiger partial charge in [-0.15, -0.1) is 0 Å². The van der Waals surface area contributed by atoms with E-state index in [0.717, 1.165) is 5.56 Å². The second-order valence-electron chi connectivity index (χ2n) is 4.48. The standard InChI is InChI=1S/C14H15ClN2O3S/c1-9-6-12(15)14(8-13(9)16)21(18,19)17-10-4-3-5-11(7-10)20-2/h3-8,17H,16H2,1-2H3. The van der Waals surface area contributed by atoms with Crippen LogP contribution in [0.15, 0.2) is 41.3 Å². The van der Waals surface area contributed by atoms with Crippen LogP contribution in [-0.4, -0.2) is 15.5 Å². The summed E-state index contributed by atoms with van der Waals surface area (Å²) in [7, 11) is -2.32. The molecule has 0 aliphatic heterocycles. The molecule has 2 aromatic carbocycles. The first-order valence-corrected chi connectivity index (χ1v) is 7.92. The average Bonchev–Trinajstić information content (AvgIpc) is 2.42. The van der Waals surface area contributed by atoms with E-state index in [0.29, 0.717) is 17.1 Å². The number of halogens is 1. The maximum atomic E-state index is 12.4. The van der Waals surface area contributed by atoms with Crippen LogP contribution in [0, 0.1) is 6.92 Å². The molecular formula is C14H15ClN2O3S. The van der Waals surface area contributed by atoms with E-state index in [-0.39, 0.29) is 9.92 Å². The Kier molecular flexibility index (Phi) is 4.29. The molecule has 0 spiro atoms. The molecule has 3 N–H and O–H groups in total. The number of nitrogen functional groups attached to an aromatic ring is 1. The molecule has 0 saturated heterocycles. The summed E-state index contributed by atoms with van der Waals surface area (Å²) in [5, 5.41) is 0.122. The van der Waals surface area contributed by atoms with Crippen molar-refractivity contribution in [3.63, 3.8) is 0 Å². The van der Waals surface area contributed by atoms with Gasteiger partial charge in [0.1, 0.15) is 10.6 Å². The molecule has 5 nitrogen and oxygen atoms in total. The zero-order valence-corrected chi connectivity index (χ0v) is 13.1. The predicted molar refractivity (Wildman–Crippen MR) is 84.4 cm³/mol. The Hall–Kier alpha value is -1.92. The van der Waals surface area contributed by atoms with E-state index in [4.69, 9.17) is 22.1 Å². The van der Waals surface area contributed by atoms with Crippen molar-refractivity contribution in [1.82, 2.24) is 0 Å². The third-order valence-corrected chi connectivity index (χ3v) is 4.78. The minimum atomic E-state index is -3.83. The second-order valence-corrected chi connectivity index (χ2v) is 6.53.